The largest absolute Gasteiger partial charge is 0.492 e. The molecule has 3 N–H and O–H groups in total. The molecule has 2 rings (SSSR count). The molecule has 0 aliphatic carbocycles. The summed E-state index contributed by atoms with van der Waals surface area (Å²) in [5.74, 6) is 0.675. The Labute approximate surface area is 119 Å². The van der Waals surface area contributed by atoms with E-state index in [4.69, 9.17) is 22.1 Å². The fourth-order valence-corrected chi connectivity index (χ4v) is 2.41. The van der Waals surface area contributed by atoms with Gasteiger partial charge in [-0.15, -0.1) is 0 Å². The van der Waals surface area contributed by atoms with Crippen LogP contribution in [0, 0.1) is 0 Å². The molecule has 0 spiro atoms. The number of ether oxygens (including phenoxy) is 1. The van der Waals surface area contributed by atoms with Gasteiger partial charge in [-0.2, -0.15) is 5.10 Å². The molecule has 0 atom stereocenters. The number of nitrogens with one attached hydrogen (secondary N) is 1. The van der Waals surface area contributed by atoms with Crippen molar-refractivity contribution in [3.05, 3.63) is 33.4 Å². The van der Waals surface area contributed by atoms with Crippen molar-refractivity contribution in [2.24, 2.45) is 5.73 Å². The second-order valence-electron chi connectivity index (χ2n) is 3.65. The molecule has 4 nitrogen and oxygen atoms in total. The van der Waals surface area contributed by atoms with E-state index in [1.165, 1.54) is 0 Å². The molecule has 6 heteroatoms. The molecule has 1 aromatic carbocycles. The van der Waals surface area contributed by atoms with Crippen LogP contribution in [0.5, 0.6) is 5.75 Å². The van der Waals surface area contributed by atoms with E-state index < -0.39 is 0 Å². The van der Waals surface area contributed by atoms with Crippen LogP contribution in [0.1, 0.15) is 12.6 Å². The maximum Gasteiger partial charge on any atom is 0.137 e. The highest BCUT2D eigenvalue weighted by molar-refractivity contribution is 9.10. The van der Waals surface area contributed by atoms with E-state index in [1.54, 1.807) is 0 Å². The summed E-state index contributed by atoms with van der Waals surface area (Å²) >= 11 is 9.62. The average molecular weight is 331 g/mol. The van der Waals surface area contributed by atoms with Gasteiger partial charge >= 0.3 is 0 Å². The highest BCUT2D eigenvalue weighted by Gasteiger charge is 2.13. The molecular formula is C12H13BrClN3O. The Hall–Kier alpha value is -1.04. The molecule has 0 unspecified atom stereocenters. The minimum atomic E-state index is 0.401. The lowest BCUT2D eigenvalue weighted by atomic mass is 10.1. The number of benzene rings is 1. The Morgan fingerprint density at radius 2 is 2.28 bits per heavy atom. The average Bonchev–Trinajstić information content (AvgIpc) is 2.73. The van der Waals surface area contributed by atoms with Crippen molar-refractivity contribution in [2.45, 2.75) is 13.5 Å². The summed E-state index contributed by atoms with van der Waals surface area (Å²) in [5, 5.41) is 7.68. The fraction of sp³-hybridized carbons (Fsp3) is 0.250. The molecule has 0 bridgehead atoms. The third kappa shape index (κ3) is 2.53. The number of nitrogens with two attached hydrogens (primary N) is 1. The third-order valence-electron chi connectivity index (χ3n) is 2.48. The number of aromatic amines is 1. The zero-order valence-electron chi connectivity index (χ0n) is 9.84. The normalized spacial score (nSPS) is 10.7. The molecule has 0 aliphatic heterocycles. The summed E-state index contributed by atoms with van der Waals surface area (Å²) in [7, 11) is 0. The van der Waals surface area contributed by atoms with E-state index in [0.717, 1.165) is 21.4 Å². The SMILES string of the molecule is CCOc1ccc(-c2n[nH]c(CN)c2Br)cc1Cl. The minimum absolute atomic E-state index is 0.401. The number of halogens is 2. The van der Waals surface area contributed by atoms with Crippen molar-refractivity contribution in [1.82, 2.24) is 10.2 Å². The zero-order chi connectivity index (χ0) is 13.1. The summed E-state index contributed by atoms with van der Waals surface area (Å²) in [5.41, 5.74) is 8.15. The summed E-state index contributed by atoms with van der Waals surface area (Å²) in [6.07, 6.45) is 0. The first-order valence-electron chi connectivity index (χ1n) is 5.52. The number of hydrogen-bond acceptors (Lipinski definition) is 3. The van der Waals surface area contributed by atoms with Crippen molar-refractivity contribution in [2.75, 3.05) is 6.61 Å². The van der Waals surface area contributed by atoms with Gasteiger partial charge in [-0.1, -0.05) is 11.6 Å². The number of rotatable bonds is 4. The van der Waals surface area contributed by atoms with Gasteiger partial charge in [0.1, 0.15) is 11.4 Å². The highest BCUT2D eigenvalue weighted by Crippen LogP contribution is 2.33. The van der Waals surface area contributed by atoms with Crippen molar-refractivity contribution in [1.29, 1.82) is 0 Å². The lowest BCUT2D eigenvalue weighted by Crippen LogP contribution is -1.96. The molecule has 0 radical (unpaired) electrons. The van der Waals surface area contributed by atoms with Crippen molar-refractivity contribution >= 4 is 27.5 Å². The van der Waals surface area contributed by atoms with Crippen LogP contribution in [0.4, 0.5) is 0 Å². The third-order valence-corrected chi connectivity index (χ3v) is 3.63. The number of nitrogens with zero attached hydrogens (tertiary/aromatic N) is 1. The molecule has 96 valence electrons. The second kappa shape index (κ2) is 5.73. The van der Waals surface area contributed by atoms with Gasteiger partial charge in [0.15, 0.2) is 0 Å². The topological polar surface area (TPSA) is 63.9 Å². The van der Waals surface area contributed by atoms with Crippen molar-refractivity contribution < 1.29 is 4.74 Å². The molecule has 0 aliphatic rings. The monoisotopic (exact) mass is 329 g/mol. The highest BCUT2D eigenvalue weighted by atomic mass is 79.9. The van der Waals surface area contributed by atoms with E-state index in [9.17, 15) is 0 Å². The van der Waals surface area contributed by atoms with Crippen molar-refractivity contribution in [3.63, 3.8) is 0 Å². The van der Waals surface area contributed by atoms with E-state index >= 15 is 0 Å². The van der Waals surface area contributed by atoms with Gasteiger partial charge in [0.25, 0.3) is 0 Å². The first-order valence-corrected chi connectivity index (χ1v) is 6.70. The fourth-order valence-electron chi connectivity index (χ4n) is 1.61. The Morgan fingerprint density at radius 1 is 1.50 bits per heavy atom. The van der Waals surface area contributed by atoms with Gasteiger partial charge in [0.2, 0.25) is 0 Å². The van der Waals surface area contributed by atoms with Crippen LogP contribution in [0.3, 0.4) is 0 Å². The van der Waals surface area contributed by atoms with Gasteiger partial charge in [0, 0.05) is 12.1 Å². The molecule has 0 saturated carbocycles. The lowest BCUT2D eigenvalue weighted by molar-refractivity contribution is 0.340. The predicted octanol–water partition coefficient (Wildman–Crippen LogP) is 3.35. The maximum absolute atomic E-state index is 6.15. The minimum Gasteiger partial charge on any atom is -0.492 e. The van der Waals surface area contributed by atoms with Crippen LogP contribution in [0.2, 0.25) is 5.02 Å². The van der Waals surface area contributed by atoms with Crippen molar-refractivity contribution in [3.8, 4) is 17.0 Å². The first kappa shape index (κ1) is 13.4. The van der Waals surface area contributed by atoms with Crippen LogP contribution in [-0.2, 0) is 6.54 Å². The van der Waals surface area contributed by atoms with Gasteiger partial charge in [0.05, 0.1) is 21.8 Å². The Bertz CT molecular complexity index is 556. The molecule has 0 amide bonds. The zero-order valence-corrected chi connectivity index (χ0v) is 12.2. The molecule has 2 aromatic rings. The van der Waals surface area contributed by atoms with Gasteiger partial charge in [-0.3, -0.25) is 5.10 Å². The summed E-state index contributed by atoms with van der Waals surface area (Å²) in [6, 6.07) is 5.58. The smallest absolute Gasteiger partial charge is 0.137 e. The quantitative estimate of drug-likeness (QED) is 0.903. The number of aromatic nitrogens is 2. The van der Waals surface area contributed by atoms with Gasteiger partial charge < -0.3 is 10.5 Å². The summed E-state index contributed by atoms with van der Waals surface area (Å²) in [4.78, 5) is 0. The molecular weight excluding hydrogens is 318 g/mol. The Morgan fingerprint density at radius 3 is 2.83 bits per heavy atom. The molecule has 1 heterocycles. The first-order chi connectivity index (χ1) is 8.67. The maximum atomic E-state index is 6.15. The summed E-state index contributed by atoms with van der Waals surface area (Å²) < 4.78 is 6.26. The number of H-pyrrole nitrogens is 1. The van der Waals surface area contributed by atoms with Crippen LogP contribution in [-0.4, -0.2) is 16.8 Å². The molecule has 0 saturated heterocycles. The van der Waals surface area contributed by atoms with E-state index in [2.05, 4.69) is 26.1 Å². The van der Waals surface area contributed by atoms with Crippen LogP contribution >= 0.6 is 27.5 Å². The number of hydrogen-bond donors (Lipinski definition) is 2. The van der Waals surface area contributed by atoms with Gasteiger partial charge in [-0.05, 0) is 41.1 Å². The molecule has 1 aromatic heterocycles. The summed E-state index contributed by atoms with van der Waals surface area (Å²) in [6.45, 7) is 2.91. The molecule has 18 heavy (non-hydrogen) atoms. The lowest BCUT2D eigenvalue weighted by Gasteiger charge is -2.06. The van der Waals surface area contributed by atoms with E-state index in [0.29, 0.717) is 23.9 Å². The van der Waals surface area contributed by atoms with Crippen LogP contribution in [0.15, 0.2) is 22.7 Å². The van der Waals surface area contributed by atoms with Crippen LogP contribution in [0.25, 0.3) is 11.3 Å². The molecule has 0 fully saturated rings. The standard InChI is InChI=1S/C12H13BrClN3O/c1-2-18-10-4-3-7(5-8(10)14)12-11(13)9(6-15)16-17-12/h3-5H,2,6,15H2,1H3,(H,16,17). The Kier molecular flexibility index (Phi) is 4.27. The van der Waals surface area contributed by atoms with Gasteiger partial charge in [-0.25, -0.2) is 0 Å². The van der Waals surface area contributed by atoms with E-state index in [-0.39, 0.29) is 0 Å². The second-order valence-corrected chi connectivity index (χ2v) is 4.85. The van der Waals surface area contributed by atoms with Crippen LogP contribution < -0.4 is 10.5 Å². The van der Waals surface area contributed by atoms with E-state index in [1.807, 2.05) is 25.1 Å². The Balaban J connectivity index is 2.39. The predicted molar refractivity (Wildman–Crippen MR) is 75.8 cm³/mol.